The minimum absolute atomic E-state index is 0.213. The number of nitrogens with zero attached hydrogens (tertiary/aromatic N) is 1. The van der Waals surface area contributed by atoms with Gasteiger partial charge in [0.15, 0.2) is 0 Å². The van der Waals surface area contributed by atoms with Gasteiger partial charge in [-0.3, -0.25) is 0 Å². The van der Waals surface area contributed by atoms with Crippen LogP contribution < -0.4 is 5.73 Å². The van der Waals surface area contributed by atoms with Crippen molar-refractivity contribution in [1.82, 2.24) is 4.98 Å². The molecule has 0 saturated carbocycles. The van der Waals surface area contributed by atoms with Crippen LogP contribution in [0.2, 0.25) is 0 Å². The molecule has 0 fully saturated rings. The monoisotopic (exact) mass is 216 g/mol. The number of aliphatic hydroxyl groups is 1. The highest BCUT2D eigenvalue weighted by atomic mass is 79.9. The topological polar surface area (TPSA) is 59.1 Å². The van der Waals surface area contributed by atoms with Gasteiger partial charge in [-0.25, -0.2) is 4.98 Å². The summed E-state index contributed by atoms with van der Waals surface area (Å²) < 4.78 is 0.651. The number of nitrogens with two attached hydrogens (primary N) is 1. The van der Waals surface area contributed by atoms with E-state index in [1.165, 1.54) is 0 Å². The highest BCUT2D eigenvalue weighted by molar-refractivity contribution is 9.10. The molecule has 3 nitrogen and oxygen atoms in total. The van der Waals surface area contributed by atoms with E-state index in [-0.39, 0.29) is 6.54 Å². The summed E-state index contributed by atoms with van der Waals surface area (Å²) in [7, 11) is 0. The van der Waals surface area contributed by atoms with Crippen molar-refractivity contribution in [3.8, 4) is 0 Å². The van der Waals surface area contributed by atoms with E-state index in [2.05, 4.69) is 20.9 Å². The molecule has 1 aromatic heterocycles. The molecule has 4 heteroatoms. The van der Waals surface area contributed by atoms with Crippen LogP contribution in [0.3, 0.4) is 0 Å². The lowest BCUT2D eigenvalue weighted by Gasteiger charge is -2.08. The fourth-order valence-electron chi connectivity index (χ4n) is 0.774. The Bertz CT molecular complexity index is 242. The van der Waals surface area contributed by atoms with Gasteiger partial charge in [-0.2, -0.15) is 0 Å². The standard InChI is InChI=1S/C7H9BrN2O/c8-7-5(6(11)4-9)2-1-3-10-7/h1-3,6,11H,4,9H2. The molecule has 0 aliphatic heterocycles. The van der Waals surface area contributed by atoms with Crippen LogP contribution in [0, 0.1) is 0 Å². The molecule has 1 aromatic rings. The Morgan fingerprint density at radius 2 is 2.45 bits per heavy atom. The zero-order chi connectivity index (χ0) is 8.27. The lowest BCUT2D eigenvalue weighted by atomic mass is 10.2. The van der Waals surface area contributed by atoms with Gasteiger partial charge in [0.05, 0.1) is 6.10 Å². The maximum absolute atomic E-state index is 9.32. The number of aliphatic hydroxyl groups excluding tert-OH is 1. The van der Waals surface area contributed by atoms with E-state index < -0.39 is 6.10 Å². The molecule has 1 rings (SSSR count). The van der Waals surface area contributed by atoms with Crippen molar-refractivity contribution in [3.05, 3.63) is 28.5 Å². The van der Waals surface area contributed by atoms with Crippen LogP contribution >= 0.6 is 15.9 Å². The molecule has 60 valence electrons. The number of rotatable bonds is 2. The molecule has 0 amide bonds. The van der Waals surface area contributed by atoms with E-state index in [1.54, 1.807) is 18.3 Å². The Labute approximate surface area is 73.4 Å². The van der Waals surface area contributed by atoms with Crippen molar-refractivity contribution in [2.75, 3.05) is 6.54 Å². The van der Waals surface area contributed by atoms with Crippen LogP contribution in [0.25, 0.3) is 0 Å². The third kappa shape index (κ3) is 1.99. The molecule has 1 atom stereocenters. The molecule has 3 N–H and O–H groups in total. The number of aromatic nitrogens is 1. The van der Waals surface area contributed by atoms with Crippen LogP contribution in [0.1, 0.15) is 11.7 Å². The van der Waals surface area contributed by atoms with Gasteiger partial charge in [-0.15, -0.1) is 0 Å². The first-order valence-electron chi connectivity index (χ1n) is 3.24. The first-order chi connectivity index (χ1) is 5.25. The van der Waals surface area contributed by atoms with Crippen LogP contribution in [-0.2, 0) is 0 Å². The molecule has 1 unspecified atom stereocenters. The largest absolute Gasteiger partial charge is 0.387 e. The highest BCUT2D eigenvalue weighted by Crippen LogP contribution is 2.19. The smallest absolute Gasteiger partial charge is 0.111 e. The van der Waals surface area contributed by atoms with Crippen molar-refractivity contribution < 1.29 is 5.11 Å². The van der Waals surface area contributed by atoms with Crippen molar-refractivity contribution in [2.24, 2.45) is 5.73 Å². The zero-order valence-electron chi connectivity index (χ0n) is 5.87. The van der Waals surface area contributed by atoms with Crippen molar-refractivity contribution in [1.29, 1.82) is 0 Å². The van der Waals surface area contributed by atoms with E-state index in [9.17, 15) is 5.11 Å². The van der Waals surface area contributed by atoms with E-state index in [1.807, 2.05) is 0 Å². The summed E-state index contributed by atoms with van der Waals surface area (Å²) in [4.78, 5) is 3.95. The van der Waals surface area contributed by atoms with Gasteiger partial charge in [-0.1, -0.05) is 6.07 Å². The lowest BCUT2D eigenvalue weighted by molar-refractivity contribution is 0.185. The van der Waals surface area contributed by atoms with Crippen molar-refractivity contribution >= 4 is 15.9 Å². The molecule has 0 radical (unpaired) electrons. The quantitative estimate of drug-likeness (QED) is 0.721. The minimum atomic E-state index is -0.627. The predicted molar refractivity (Wildman–Crippen MR) is 46.0 cm³/mol. The molecule has 0 spiro atoms. The average Bonchev–Trinajstić information content (AvgIpc) is 2.04. The molecule has 0 aliphatic rings. The molecule has 0 bridgehead atoms. The summed E-state index contributed by atoms with van der Waals surface area (Å²) >= 11 is 3.21. The second kappa shape index (κ2) is 3.80. The van der Waals surface area contributed by atoms with Crippen molar-refractivity contribution in [2.45, 2.75) is 6.10 Å². The summed E-state index contributed by atoms with van der Waals surface area (Å²) in [6, 6.07) is 3.55. The van der Waals surface area contributed by atoms with Crippen molar-refractivity contribution in [3.63, 3.8) is 0 Å². The van der Waals surface area contributed by atoms with Gasteiger partial charge in [0.2, 0.25) is 0 Å². The number of hydrogen-bond acceptors (Lipinski definition) is 3. The third-order valence-electron chi connectivity index (χ3n) is 1.37. The van der Waals surface area contributed by atoms with Gasteiger partial charge < -0.3 is 10.8 Å². The zero-order valence-corrected chi connectivity index (χ0v) is 7.45. The fourth-order valence-corrected chi connectivity index (χ4v) is 1.29. The van der Waals surface area contributed by atoms with Crippen LogP contribution in [0.5, 0.6) is 0 Å². The molecule has 0 aliphatic carbocycles. The first kappa shape index (κ1) is 8.64. The molecule has 1 heterocycles. The Kier molecular flexibility index (Phi) is 2.99. The Morgan fingerprint density at radius 1 is 1.73 bits per heavy atom. The van der Waals surface area contributed by atoms with Gasteiger partial charge in [-0.05, 0) is 22.0 Å². The number of halogens is 1. The average molecular weight is 217 g/mol. The highest BCUT2D eigenvalue weighted by Gasteiger charge is 2.08. The van der Waals surface area contributed by atoms with Gasteiger partial charge >= 0.3 is 0 Å². The third-order valence-corrected chi connectivity index (χ3v) is 2.03. The maximum Gasteiger partial charge on any atom is 0.111 e. The second-order valence-electron chi connectivity index (χ2n) is 2.13. The van der Waals surface area contributed by atoms with Crippen LogP contribution in [0.4, 0.5) is 0 Å². The van der Waals surface area contributed by atoms with E-state index in [0.29, 0.717) is 4.60 Å². The van der Waals surface area contributed by atoms with Crippen LogP contribution in [0.15, 0.2) is 22.9 Å². The normalized spacial score (nSPS) is 13.0. The molecular weight excluding hydrogens is 208 g/mol. The fraction of sp³-hybridized carbons (Fsp3) is 0.286. The van der Waals surface area contributed by atoms with Gasteiger partial charge in [0.25, 0.3) is 0 Å². The Hall–Kier alpha value is -0.450. The molecule has 0 saturated heterocycles. The molecular formula is C7H9BrN2O. The Morgan fingerprint density at radius 3 is 3.00 bits per heavy atom. The Balaban J connectivity index is 2.93. The summed E-state index contributed by atoms with van der Waals surface area (Å²) in [5.74, 6) is 0. The van der Waals surface area contributed by atoms with Gasteiger partial charge in [0, 0.05) is 18.3 Å². The summed E-state index contributed by atoms with van der Waals surface area (Å²) in [5, 5.41) is 9.32. The van der Waals surface area contributed by atoms with Gasteiger partial charge in [0.1, 0.15) is 4.60 Å². The van der Waals surface area contributed by atoms with E-state index >= 15 is 0 Å². The summed E-state index contributed by atoms with van der Waals surface area (Å²) in [5.41, 5.74) is 6.01. The SMILES string of the molecule is NCC(O)c1cccnc1Br. The van der Waals surface area contributed by atoms with E-state index in [0.717, 1.165) is 5.56 Å². The lowest BCUT2D eigenvalue weighted by Crippen LogP contribution is -2.12. The molecule has 11 heavy (non-hydrogen) atoms. The molecule has 0 aromatic carbocycles. The van der Waals surface area contributed by atoms with E-state index in [4.69, 9.17) is 5.73 Å². The second-order valence-corrected chi connectivity index (χ2v) is 2.89. The van der Waals surface area contributed by atoms with Crippen LogP contribution in [-0.4, -0.2) is 16.6 Å². The number of hydrogen-bond donors (Lipinski definition) is 2. The summed E-state index contributed by atoms with van der Waals surface area (Å²) in [6.45, 7) is 0.213. The first-order valence-corrected chi connectivity index (χ1v) is 4.03. The predicted octanol–water partition coefficient (Wildman–Crippen LogP) is 0.836. The maximum atomic E-state index is 9.32. The minimum Gasteiger partial charge on any atom is -0.387 e. The number of pyridine rings is 1. The summed E-state index contributed by atoms with van der Waals surface area (Å²) in [6.07, 6.45) is 1.02.